The summed E-state index contributed by atoms with van der Waals surface area (Å²) >= 11 is 1.35. The Balaban J connectivity index is 1.47. The summed E-state index contributed by atoms with van der Waals surface area (Å²) in [5.41, 5.74) is 3.34. The normalized spacial score (nSPS) is 12.0. The van der Waals surface area contributed by atoms with Crippen molar-refractivity contribution in [1.82, 2.24) is 5.32 Å². The van der Waals surface area contributed by atoms with Gasteiger partial charge in [0.05, 0.1) is 5.25 Å². The highest BCUT2D eigenvalue weighted by Gasteiger charge is 2.26. The molecule has 216 valence electrons. The summed E-state index contributed by atoms with van der Waals surface area (Å²) in [4.78, 5) is 24.0. The fourth-order valence-electron chi connectivity index (χ4n) is 3.53. The molecular formula is C30H31NO9S. The van der Waals surface area contributed by atoms with E-state index in [0.717, 1.165) is 29.9 Å². The largest absolute Gasteiger partial charge is 0.453 e. The second-order valence-electron chi connectivity index (χ2n) is 9.10. The van der Waals surface area contributed by atoms with Crippen LogP contribution in [0.2, 0.25) is 0 Å². The monoisotopic (exact) mass is 581 g/mol. The first-order chi connectivity index (χ1) is 19.4. The topological polar surface area (TPSA) is 166 Å². The van der Waals surface area contributed by atoms with Crippen molar-refractivity contribution in [2.45, 2.75) is 42.9 Å². The Morgan fingerprint density at radius 3 is 2.15 bits per heavy atom. The number of rotatable bonds is 13. The van der Waals surface area contributed by atoms with Crippen LogP contribution in [0.25, 0.3) is 0 Å². The quantitative estimate of drug-likeness (QED) is 0.0993. The van der Waals surface area contributed by atoms with Gasteiger partial charge in [-0.1, -0.05) is 48.2 Å². The molecule has 0 aromatic heterocycles. The van der Waals surface area contributed by atoms with E-state index in [1.807, 2.05) is 54.6 Å². The number of hydrogen-bond acceptors (Lipinski definition) is 10. The van der Waals surface area contributed by atoms with Crippen LogP contribution in [0.5, 0.6) is 11.5 Å². The van der Waals surface area contributed by atoms with E-state index < -0.39 is 17.4 Å². The average Bonchev–Trinajstić information content (AvgIpc) is 2.91. The van der Waals surface area contributed by atoms with Crippen LogP contribution in [-0.2, 0) is 21.8 Å². The average molecular weight is 582 g/mol. The second kappa shape index (κ2) is 14.7. The van der Waals surface area contributed by atoms with Gasteiger partial charge >= 0.3 is 12.1 Å². The summed E-state index contributed by atoms with van der Waals surface area (Å²) in [6.07, 6.45) is -2.53. The number of ether oxygens (including phenoxy) is 2. The van der Waals surface area contributed by atoms with Crippen LogP contribution in [0.3, 0.4) is 0 Å². The molecule has 3 aromatic carbocycles. The molecule has 0 bridgehead atoms. The maximum absolute atomic E-state index is 12.4. The lowest BCUT2D eigenvalue weighted by Gasteiger charge is -2.23. The maximum atomic E-state index is 12.4. The van der Waals surface area contributed by atoms with E-state index in [2.05, 4.69) is 21.9 Å². The van der Waals surface area contributed by atoms with Crippen molar-refractivity contribution in [2.24, 2.45) is 0 Å². The Kier molecular flexibility index (Phi) is 11.3. The Morgan fingerprint density at radius 1 is 0.902 bits per heavy atom. The van der Waals surface area contributed by atoms with Gasteiger partial charge in [-0.05, 0) is 53.9 Å². The molecule has 0 aliphatic heterocycles. The highest BCUT2D eigenvalue weighted by atomic mass is 32.2. The first-order valence-electron chi connectivity index (χ1n) is 12.5. The van der Waals surface area contributed by atoms with Gasteiger partial charge in [-0.15, -0.1) is 11.8 Å². The van der Waals surface area contributed by atoms with E-state index in [4.69, 9.17) is 20.1 Å². The SMILES string of the molecule is CC(O)(O)Oc1ccc(CCNC(=O)CC(C=O)SCc2ccc(C#Cc3ccccc3)cc2)cc1OC(O)(O)O. The zero-order valence-corrected chi connectivity index (χ0v) is 23.0. The standard InChI is InChI=1S/C30H31NO9S/c1-29(34,35)39-26-14-13-23(17-27(26)40-30(36,37)38)15-16-31-28(33)18-25(19-32)41-20-24-11-9-22(10-12-24)8-7-21-5-3-2-4-6-21/h2-6,9-14,17,19,25,34-38H,15-16,18,20H2,1H3,(H,31,33). The molecule has 1 amide bonds. The van der Waals surface area contributed by atoms with Gasteiger partial charge in [0.25, 0.3) is 0 Å². The fourth-order valence-corrected chi connectivity index (χ4v) is 4.48. The maximum Gasteiger partial charge on any atom is 0.453 e. The molecule has 0 spiro atoms. The van der Waals surface area contributed by atoms with Gasteiger partial charge in [0.15, 0.2) is 11.5 Å². The molecule has 11 heteroatoms. The van der Waals surface area contributed by atoms with Gasteiger partial charge in [0.1, 0.15) is 6.29 Å². The van der Waals surface area contributed by atoms with Gasteiger partial charge in [-0.2, -0.15) is 0 Å². The molecule has 41 heavy (non-hydrogen) atoms. The van der Waals surface area contributed by atoms with Gasteiger partial charge < -0.3 is 45.1 Å². The first kappa shape index (κ1) is 31.6. The summed E-state index contributed by atoms with van der Waals surface area (Å²) in [6.45, 7) is 1.11. The van der Waals surface area contributed by atoms with Crippen molar-refractivity contribution in [3.05, 3.63) is 95.1 Å². The molecule has 6 N–H and O–H groups in total. The number of carbonyl (C=O) groups is 2. The van der Waals surface area contributed by atoms with Crippen molar-refractivity contribution in [1.29, 1.82) is 0 Å². The number of benzene rings is 3. The van der Waals surface area contributed by atoms with Crippen LogP contribution < -0.4 is 14.8 Å². The van der Waals surface area contributed by atoms with Crippen LogP contribution in [0.1, 0.15) is 35.6 Å². The van der Waals surface area contributed by atoms with Gasteiger partial charge in [0.2, 0.25) is 5.91 Å². The van der Waals surface area contributed by atoms with E-state index in [9.17, 15) is 19.8 Å². The zero-order valence-electron chi connectivity index (χ0n) is 22.2. The van der Waals surface area contributed by atoms with Crippen LogP contribution in [0.4, 0.5) is 0 Å². The molecule has 3 rings (SSSR count). The number of aliphatic hydroxyl groups is 5. The van der Waals surface area contributed by atoms with Crippen molar-refractivity contribution >= 4 is 24.0 Å². The minimum atomic E-state index is -3.54. The van der Waals surface area contributed by atoms with E-state index >= 15 is 0 Å². The molecule has 0 fully saturated rings. The molecule has 10 nitrogen and oxygen atoms in total. The van der Waals surface area contributed by atoms with E-state index in [1.165, 1.54) is 30.0 Å². The molecule has 1 atom stereocenters. The lowest BCUT2D eigenvalue weighted by Crippen LogP contribution is -2.36. The molecule has 0 saturated carbocycles. The summed E-state index contributed by atoms with van der Waals surface area (Å²) in [5.74, 6) is 3.18. The van der Waals surface area contributed by atoms with Gasteiger partial charge in [-0.3, -0.25) is 4.79 Å². The summed E-state index contributed by atoms with van der Waals surface area (Å²) in [5, 5.41) is 48.5. The highest BCUT2D eigenvalue weighted by Crippen LogP contribution is 2.32. The van der Waals surface area contributed by atoms with E-state index in [1.54, 1.807) is 0 Å². The summed E-state index contributed by atoms with van der Waals surface area (Å²) in [6, 6.07) is 21.4. The minimum absolute atomic E-state index is 0.0103. The molecular weight excluding hydrogens is 550 g/mol. The van der Waals surface area contributed by atoms with Crippen molar-refractivity contribution < 1.29 is 44.6 Å². The van der Waals surface area contributed by atoms with Crippen LogP contribution in [0, 0.1) is 11.8 Å². The Hall–Kier alpha value is -3.89. The van der Waals surface area contributed by atoms with E-state index in [0.29, 0.717) is 11.3 Å². The van der Waals surface area contributed by atoms with Crippen LogP contribution in [0.15, 0.2) is 72.8 Å². The van der Waals surface area contributed by atoms with E-state index in [-0.39, 0.29) is 36.8 Å². The Labute approximate surface area is 241 Å². The lowest BCUT2D eigenvalue weighted by atomic mass is 10.1. The number of thioether (sulfide) groups is 1. The van der Waals surface area contributed by atoms with Crippen molar-refractivity contribution in [3.63, 3.8) is 0 Å². The Bertz CT molecular complexity index is 1360. The van der Waals surface area contributed by atoms with Crippen molar-refractivity contribution in [2.75, 3.05) is 6.54 Å². The smallest absolute Gasteiger partial charge is 0.435 e. The molecule has 0 aliphatic carbocycles. The van der Waals surface area contributed by atoms with Gasteiger partial charge in [-0.25, -0.2) is 0 Å². The minimum Gasteiger partial charge on any atom is -0.435 e. The Morgan fingerprint density at radius 2 is 1.54 bits per heavy atom. The summed E-state index contributed by atoms with van der Waals surface area (Å²) in [7, 11) is 0. The molecule has 0 heterocycles. The third kappa shape index (κ3) is 12.0. The number of carbonyl (C=O) groups excluding carboxylic acids is 2. The number of nitrogens with one attached hydrogen (secondary N) is 1. The third-order valence-corrected chi connectivity index (χ3v) is 6.58. The first-order valence-corrected chi connectivity index (χ1v) is 13.6. The molecule has 3 aromatic rings. The number of aldehydes is 1. The van der Waals surface area contributed by atoms with Gasteiger partial charge in [0, 0.05) is 36.8 Å². The number of amides is 1. The molecule has 0 radical (unpaired) electrons. The number of hydrogen-bond donors (Lipinski definition) is 6. The zero-order chi connectivity index (χ0) is 29.9. The van der Waals surface area contributed by atoms with Crippen LogP contribution in [-0.4, -0.2) is 61.7 Å². The summed E-state index contributed by atoms with van der Waals surface area (Å²) < 4.78 is 9.46. The van der Waals surface area contributed by atoms with Crippen LogP contribution >= 0.6 is 11.8 Å². The van der Waals surface area contributed by atoms with Crippen molar-refractivity contribution in [3.8, 4) is 23.3 Å². The lowest BCUT2D eigenvalue weighted by molar-refractivity contribution is -0.420. The predicted molar refractivity (Wildman–Crippen MR) is 151 cm³/mol. The molecule has 0 saturated heterocycles. The second-order valence-corrected chi connectivity index (χ2v) is 10.3. The highest BCUT2D eigenvalue weighted by molar-refractivity contribution is 7.99. The molecule has 0 aliphatic rings. The third-order valence-electron chi connectivity index (χ3n) is 5.38. The predicted octanol–water partition coefficient (Wildman–Crippen LogP) is 1.64. The fraction of sp³-hybridized carbons (Fsp3) is 0.267. The molecule has 1 unspecified atom stereocenters.